The molecule has 0 radical (unpaired) electrons. The van der Waals surface area contributed by atoms with Crippen molar-refractivity contribution in [2.24, 2.45) is 0 Å². The van der Waals surface area contributed by atoms with Gasteiger partial charge in [-0.2, -0.15) is 13.2 Å². The summed E-state index contributed by atoms with van der Waals surface area (Å²) < 4.78 is 39.2. The van der Waals surface area contributed by atoms with Crippen LogP contribution in [0.3, 0.4) is 0 Å². The third kappa shape index (κ3) is 3.89. The van der Waals surface area contributed by atoms with E-state index < -0.39 is 11.7 Å². The van der Waals surface area contributed by atoms with Gasteiger partial charge >= 0.3 is 6.18 Å². The maximum absolute atomic E-state index is 12.8. The van der Waals surface area contributed by atoms with E-state index in [1.807, 2.05) is 24.3 Å². The van der Waals surface area contributed by atoms with Crippen molar-refractivity contribution in [3.05, 3.63) is 69.2 Å². The van der Waals surface area contributed by atoms with E-state index >= 15 is 0 Å². The molecule has 1 unspecified atom stereocenters. The Morgan fingerprint density at radius 3 is 2.19 bits per heavy atom. The van der Waals surface area contributed by atoms with Crippen LogP contribution in [0, 0.1) is 0 Å². The Kier molecular flexibility index (Phi) is 5.15. The topological polar surface area (TPSA) is 0 Å². The van der Waals surface area contributed by atoms with Crippen LogP contribution in [0.1, 0.15) is 34.0 Å². The highest BCUT2D eigenvalue weighted by atomic mass is 79.9. The minimum Gasteiger partial charge on any atom is -0.166 e. The summed E-state index contributed by atoms with van der Waals surface area (Å²) in [5.41, 5.74) is 2.04. The molecule has 5 heteroatoms. The summed E-state index contributed by atoms with van der Waals surface area (Å²) in [6.07, 6.45) is -3.41. The predicted molar refractivity (Wildman–Crippen MR) is 85.7 cm³/mol. The number of hydrogen-bond acceptors (Lipinski definition) is 0. The molecule has 2 rings (SSSR count). The van der Waals surface area contributed by atoms with Gasteiger partial charge in [-0.05, 0) is 41.3 Å². The van der Waals surface area contributed by atoms with Crippen molar-refractivity contribution in [3.63, 3.8) is 0 Å². The molecule has 2 aromatic carbocycles. The maximum Gasteiger partial charge on any atom is 0.416 e. The standard InChI is InChI=1S/C16H13Br2F3/c1-2-10-3-5-11(6-4-10)15(18)13-9-12(16(19,20)21)7-8-14(13)17/h3-9,15H,2H2,1H3. The zero-order chi connectivity index (χ0) is 15.6. The molecule has 2 aromatic rings. The Labute approximate surface area is 138 Å². The lowest BCUT2D eigenvalue weighted by atomic mass is 10.0. The van der Waals surface area contributed by atoms with E-state index in [2.05, 4.69) is 38.8 Å². The van der Waals surface area contributed by atoms with Crippen molar-refractivity contribution >= 4 is 31.9 Å². The van der Waals surface area contributed by atoms with Crippen LogP contribution in [-0.2, 0) is 12.6 Å². The van der Waals surface area contributed by atoms with Crippen LogP contribution in [0.25, 0.3) is 0 Å². The molecule has 0 aliphatic rings. The van der Waals surface area contributed by atoms with Crippen molar-refractivity contribution in [1.29, 1.82) is 0 Å². The number of hydrogen-bond donors (Lipinski definition) is 0. The van der Waals surface area contributed by atoms with Crippen LogP contribution in [0.5, 0.6) is 0 Å². The molecule has 1 atom stereocenters. The predicted octanol–water partition coefficient (Wildman–Crippen LogP) is 6.51. The van der Waals surface area contributed by atoms with Crippen LogP contribution in [0.15, 0.2) is 46.9 Å². The fraction of sp³-hybridized carbons (Fsp3) is 0.250. The summed E-state index contributed by atoms with van der Waals surface area (Å²) in [4.78, 5) is -0.292. The van der Waals surface area contributed by atoms with Crippen molar-refractivity contribution in [2.75, 3.05) is 0 Å². The van der Waals surface area contributed by atoms with Crippen LogP contribution in [0.4, 0.5) is 13.2 Å². The molecular formula is C16H13Br2F3. The van der Waals surface area contributed by atoms with Crippen molar-refractivity contribution in [3.8, 4) is 0 Å². The summed E-state index contributed by atoms with van der Waals surface area (Å²) in [6.45, 7) is 2.06. The highest BCUT2D eigenvalue weighted by molar-refractivity contribution is 9.11. The number of rotatable bonds is 3. The number of aryl methyl sites for hydroxylation is 1. The van der Waals surface area contributed by atoms with E-state index in [4.69, 9.17) is 0 Å². The lowest BCUT2D eigenvalue weighted by Gasteiger charge is -2.16. The molecule has 0 amide bonds. The minimum absolute atomic E-state index is 0.292. The smallest absolute Gasteiger partial charge is 0.166 e. The molecule has 0 aliphatic carbocycles. The molecule has 0 heterocycles. The Morgan fingerprint density at radius 1 is 1.05 bits per heavy atom. The molecule has 0 fully saturated rings. The van der Waals surface area contributed by atoms with Crippen LogP contribution in [-0.4, -0.2) is 0 Å². The summed E-state index contributed by atoms with van der Waals surface area (Å²) in [5, 5.41) is 0. The van der Waals surface area contributed by atoms with Crippen molar-refractivity contribution in [2.45, 2.75) is 24.3 Å². The van der Waals surface area contributed by atoms with E-state index in [0.717, 1.165) is 18.1 Å². The summed E-state index contributed by atoms with van der Waals surface area (Å²) >= 11 is 6.82. The molecule has 0 N–H and O–H groups in total. The van der Waals surface area contributed by atoms with Crippen molar-refractivity contribution < 1.29 is 13.2 Å². The quantitative estimate of drug-likeness (QED) is 0.495. The summed E-state index contributed by atoms with van der Waals surface area (Å²) in [5.74, 6) is 0. The van der Waals surface area contributed by atoms with E-state index in [-0.39, 0.29) is 4.83 Å². The Morgan fingerprint density at radius 2 is 1.67 bits per heavy atom. The monoisotopic (exact) mass is 420 g/mol. The lowest BCUT2D eigenvalue weighted by molar-refractivity contribution is -0.137. The third-order valence-corrected chi connectivity index (χ3v) is 5.02. The summed E-state index contributed by atoms with van der Waals surface area (Å²) in [6, 6.07) is 11.5. The zero-order valence-electron chi connectivity index (χ0n) is 11.2. The van der Waals surface area contributed by atoms with Gasteiger partial charge in [-0.15, -0.1) is 0 Å². The molecule has 0 spiro atoms. The van der Waals surface area contributed by atoms with Crippen LogP contribution >= 0.6 is 31.9 Å². The largest absolute Gasteiger partial charge is 0.416 e. The molecule has 0 saturated heterocycles. The van der Waals surface area contributed by atoms with Crippen molar-refractivity contribution in [1.82, 2.24) is 0 Å². The first-order valence-corrected chi connectivity index (χ1v) is 8.13. The molecule has 112 valence electrons. The van der Waals surface area contributed by atoms with Gasteiger partial charge in [-0.25, -0.2) is 0 Å². The van der Waals surface area contributed by atoms with Gasteiger partial charge in [0.15, 0.2) is 0 Å². The normalized spacial score (nSPS) is 13.2. The molecule has 0 bridgehead atoms. The average Bonchev–Trinajstić information content (AvgIpc) is 2.46. The van der Waals surface area contributed by atoms with Gasteiger partial charge in [0, 0.05) is 4.47 Å². The second-order valence-corrected chi connectivity index (χ2v) is 6.46. The number of halogens is 5. The molecule has 0 aromatic heterocycles. The second-order valence-electron chi connectivity index (χ2n) is 4.69. The Hall–Kier alpha value is -0.810. The van der Waals surface area contributed by atoms with E-state index in [0.29, 0.717) is 10.0 Å². The maximum atomic E-state index is 12.8. The first-order chi connectivity index (χ1) is 9.82. The van der Waals surface area contributed by atoms with Crippen LogP contribution in [0.2, 0.25) is 0 Å². The SMILES string of the molecule is CCc1ccc(C(Br)c2cc(C(F)(F)F)ccc2Br)cc1. The molecule has 21 heavy (non-hydrogen) atoms. The zero-order valence-corrected chi connectivity index (χ0v) is 14.4. The van der Waals surface area contributed by atoms with E-state index in [1.54, 1.807) is 0 Å². The highest BCUT2D eigenvalue weighted by Gasteiger charge is 2.31. The van der Waals surface area contributed by atoms with Gasteiger partial charge in [0.05, 0.1) is 10.4 Å². The fourth-order valence-corrected chi connectivity index (χ4v) is 3.48. The molecular weight excluding hydrogens is 409 g/mol. The first kappa shape index (κ1) is 16.6. The highest BCUT2D eigenvalue weighted by Crippen LogP contribution is 2.39. The van der Waals surface area contributed by atoms with Gasteiger partial charge in [0.1, 0.15) is 0 Å². The second kappa shape index (κ2) is 6.53. The molecule has 0 saturated carbocycles. The Bertz CT molecular complexity index is 618. The van der Waals surface area contributed by atoms with Crippen LogP contribution < -0.4 is 0 Å². The summed E-state index contributed by atoms with van der Waals surface area (Å²) in [7, 11) is 0. The van der Waals surface area contributed by atoms with Gasteiger partial charge < -0.3 is 0 Å². The van der Waals surface area contributed by atoms with Gasteiger partial charge in [-0.3, -0.25) is 0 Å². The lowest BCUT2D eigenvalue weighted by Crippen LogP contribution is -2.06. The number of alkyl halides is 4. The Balaban J connectivity index is 2.39. The molecule has 0 nitrogen and oxygen atoms in total. The third-order valence-electron chi connectivity index (χ3n) is 3.28. The first-order valence-electron chi connectivity index (χ1n) is 6.42. The van der Waals surface area contributed by atoms with E-state index in [1.165, 1.54) is 17.7 Å². The van der Waals surface area contributed by atoms with E-state index in [9.17, 15) is 13.2 Å². The van der Waals surface area contributed by atoms with Gasteiger partial charge in [-0.1, -0.05) is 63.0 Å². The molecule has 0 aliphatic heterocycles. The minimum atomic E-state index is -4.34. The van der Waals surface area contributed by atoms with Gasteiger partial charge in [0.2, 0.25) is 0 Å². The number of benzene rings is 2. The average molecular weight is 422 g/mol. The fourth-order valence-electron chi connectivity index (χ4n) is 2.02. The van der Waals surface area contributed by atoms with Gasteiger partial charge in [0.25, 0.3) is 0 Å².